The van der Waals surface area contributed by atoms with Crippen molar-refractivity contribution in [3.05, 3.63) is 34.1 Å². The monoisotopic (exact) mass is 316 g/mol. The van der Waals surface area contributed by atoms with Crippen LogP contribution in [0.15, 0.2) is 22.7 Å². The van der Waals surface area contributed by atoms with Crippen LogP contribution in [0.4, 0.5) is 4.39 Å². The van der Waals surface area contributed by atoms with Gasteiger partial charge in [0.2, 0.25) is 5.91 Å². The summed E-state index contributed by atoms with van der Waals surface area (Å²) in [6.07, 6.45) is 0.926. The van der Waals surface area contributed by atoms with E-state index in [0.29, 0.717) is 18.7 Å². The molecule has 1 rings (SSSR count). The molecule has 1 N–H and O–H groups in total. The van der Waals surface area contributed by atoms with Gasteiger partial charge < -0.3 is 5.32 Å². The SMILES string of the molecule is CCCN(CC(=O)NC)Cc1ccc(Br)cc1F. The van der Waals surface area contributed by atoms with Crippen LogP contribution < -0.4 is 5.32 Å². The molecule has 0 aliphatic rings. The summed E-state index contributed by atoms with van der Waals surface area (Å²) in [5.41, 5.74) is 0.607. The Balaban J connectivity index is 2.72. The second-order valence-corrected chi connectivity index (χ2v) is 5.04. The Morgan fingerprint density at radius 3 is 2.78 bits per heavy atom. The molecule has 3 nitrogen and oxygen atoms in total. The molecule has 0 aliphatic heterocycles. The van der Waals surface area contributed by atoms with Crippen LogP contribution in [0.5, 0.6) is 0 Å². The molecular weight excluding hydrogens is 299 g/mol. The largest absolute Gasteiger partial charge is 0.358 e. The number of halogens is 2. The Morgan fingerprint density at radius 2 is 2.22 bits per heavy atom. The molecule has 0 fully saturated rings. The molecule has 0 aromatic heterocycles. The summed E-state index contributed by atoms with van der Waals surface area (Å²) in [4.78, 5) is 13.3. The predicted octanol–water partition coefficient (Wildman–Crippen LogP) is 2.55. The Kier molecular flexibility index (Phi) is 6.29. The molecule has 100 valence electrons. The number of hydrogen-bond donors (Lipinski definition) is 1. The third-order valence-electron chi connectivity index (χ3n) is 2.59. The van der Waals surface area contributed by atoms with Gasteiger partial charge in [0.05, 0.1) is 6.54 Å². The molecule has 0 bridgehead atoms. The Hall–Kier alpha value is -0.940. The third kappa shape index (κ3) is 4.74. The molecule has 0 radical (unpaired) electrons. The summed E-state index contributed by atoms with van der Waals surface area (Å²) >= 11 is 3.23. The Bertz CT molecular complexity index is 412. The van der Waals surface area contributed by atoms with Crippen molar-refractivity contribution in [2.75, 3.05) is 20.1 Å². The van der Waals surface area contributed by atoms with Crippen LogP contribution in [-0.2, 0) is 11.3 Å². The fourth-order valence-corrected chi connectivity index (χ4v) is 2.04. The number of benzene rings is 1. The molecule has 0 spiro atoms. The van der Waals surface area contributed by atoms with Gasteiger partial charge >= 0.3 is 0 Å². The Labute approximate surface area is 115 Å². The molecule has 0 heterocycles. The molecule has 0 saturated carbocycles. The summed E-state index contributed by atoms with van der Waals surface area (Å²) in [5, 5.41) is 2.58. The first-order valence-electron chi connectivity index (χ1n) is 5.93. The van der Waals surface area contributed by atoms with Crippen molar-refractivity contribution in [2.24, 2.45) is 0 Å². The lowest BCUT2D eigenvalue weighted by atomic mass is 10.2. The highest BCUT2D eigenvalue weighted by Crippen LogP contribution is 2.16. The summed E-state index contributed by atoms with van der Waals surface area (Å²) in [7, 11) is 1.60. The first-order valence-corrected chi connectivity index (χ1v) is 6.73. The lowest BCUT2D eigenvalue weighted by Crippen LogP contribution is -2.35. The third-order valence-corrected chi connectivity index (χ3v) is 3.09. The average Bonchev–Trinajstić information content (AvgIpc) is 2.32. The van der Waals surface area contributed by atoms with Crippen LogP contribution in [0.2, 0.25) is 0 Å². The fourth-order valence-electron chi connectivity index (χ4n) is 1.70. The number of carbonyl (C=O) groups is 1. The van der Waals surface area contributed by atoms with E-state index in [1.165, 1.54) is 6.07 Å². The minimum Gasteiger partial charge on any atom is -0.358 e. The van der Waals surface area contributed by atoms with E-state index in [-0.39, 0.29) is 11.7 Å². The van der Waals surface area contributed by atoms with E-state index in [1.54, 1.807) is 13.1 Å². The van der Waals surface area contributed by atoms with Gasteiger partial charge in [-0.1, -0.05) is 28.9 Å². The second kappa shape index (κ2) is 7.48. The normalized spacial score (nSPS) is 10.7. The number of likely N-dealkylation sites (N-methyl/N-ethyl adjacent to an activating group) is 1. The lowest BCUT2D eigenvalue weighted by molar-refractivity contribution is -0.121. The van der Waals surface area contributed by atoms with Crippen molar-refractivity contribution in [2.45, 2.75) is 19.9 Å². The number of rotatable bonds is 6. The van der Waals surface area contributed by atoms with Gasteiger partial charge in [0.15, 0.2) is 0 Å². The number of carbonyl (C=O) groups excluding carboxylic acids is 1. The van der Waals surface area contributed by atoms with Crippen LogP contribution >= 0.6 is 15.9 Å². The molecule has 0 atom stereocenters. The van der Waals surface area contributed by atoms with Gasteiger partial charge in [0.1, 0.15) is 5.82 Å². The summed E-state index contributed by atoms with van der Waals surface area (Å²) in [5.74, 6) is -0.302. The van der Waals surface area contributed by atoms with Gasteiger partial charge in [-0.05, 0) is 25.1 Å². The standard InChI is InChI=1S/C13H18BrFN2O/c1-3-6-17(9-13(18)16-2)8-10-4-5-11(14)7-12(10)15/h4-5,7H,3,6,8-9H2,1-2H3,(H,16,18). The smallest absolute Gasteiger partial charge is 0.233 e. The van der Waals surface area contributed by atoms with E-state index >= 15 is 0 Å². The van der Waals surface area contributed by atoms with Crippen LogP contribution in [0.1, 0.15) is 18.9 Å². The van der Waals surface area contributed by atoms with E-state index in [4.69, 9.17) is 0 Å². The lowest BCUT2D eigenvalue weighted by Gasteiger charge is -2.21. The molecule has 1 amide bonds. The summed E-state index contributed by atoms with van der Waals surface area (Å²) in [6, 6.07) is 4.99. The average molecular weight is 317 g/mol. The summed E-state index contributed by atoms with van der Waals surface area (Å²) in [6.45, 7) is 3.54. The van der Waals surface area contributed by atoms with Crippen LogP contribution in [-0.4, -0.2) is 30.9 Å². The summed E-state index contributed by atoms with van der Waals surface area (Å²) < 4.78 is 14.4. The maximum Gasteiger partial charge on any atom is 0.233 e. The van der Waals surface area contributed by atoms with Gasteiger partial charge in [0, 0.05) is 23.6 Å². The molecule has 0 unspecified atom stereocenters. The van der Waals surface area contributed by atoms with E-state index < -0.39 is 0 Å². The topological polar surface area (TPSA) is 32.3 Å². The van der Waals surface area contributed by atoms with Crippen molar-refractivity contribution >= 4 is 21.8 Å². The van der Waals surface area contributed by atoms with Crippen LogP contribution in [0, 0.1) is 5.82 Å². The minimum atomic E-state index is -0.248. The van der Waals surface area contributed by atoms with Crippen molar-refractivity contribution in [3.63, 3.8) is 0 Å². The van der Waals surface area contributed by atoms with Gasteiger partial charge in [-0.2, -0.15) is 0 Å². The molecular formula is C13H18BrFN2O. The zero-order valence-corrected chi connectivity index (χ0v) is 12.3. The van der Waals surface area contributed by atoms with E-state index in [9.17, 15) is 9.18 Å². The molecule has 5 heteroatoms. The first-order chi connectivity index (χ1) is 8.56. The molecule has 18 heavy (non-hydrogen) atoms. The van der Waals surface area contributed by atoms with Gasteiger partial charge in [-0.25, -0.2) is 4.39 Å². The van der Waals surface area contributed by atoms with Gasteiger partial charge in [-0.3, -0.25) is 9.69 Å². The molecule has 0 aliphatic carbocycles. The Morgan fingerprint density at radius 1 is 1.50 bits per heavy atom. The first kappa shape index (κ1) is 15.1. The highest BCUT2D eigenvalue weighted by atomic mass is 79.9. The zero-order valence-electron chi connectivity index (χ0n) is 10.7. The van der Waals surface area contributed by atoms with E-state index in [1.807, 2.05) is 17.9 Å². The van der Waals surface area contributed by atoms with Crippen LogP contribution in [0.25, 0.3) is 0 Å². The number of amides is 1. The van der Waals surface area contributed by atoms with Gasteiger partial charge in [-0.15, -0.1) is 0 Å². The zero-order chi connectivity index (χ0) is 13.5. The molecule has 0 saturated heterocycles. The van der Waals surface area contributed by atoms with E-state index in [2.05, 4.69) is 21.2 Å². The quantitative estimate of drug-likeness (QED) is 0.874. The maximum absolute atomic E-state index is 13.7. The second-order valence-electron chi connectivity index (χ2n) is 4.12. The van der Waals surface area contributed by atoms with Crippen LogP contribution in [0.3, 0.4) is 0 Å². The molecule has 1 aromatic rings. The van der Waals surface area contributed by atoms with Crippen molar-refractivity contribution in [1.82, 2.24) is 10.2 Å². The number of nitrogens with one attached hydrogen (secondary N) is 1. The molecule has 1 aromatic carbocycles. The highest BCUT2D eigenvalue weighted by Gasteiger charge is 2.12. The highest BCUT2D eigenvalue weighted by molar-refractivity contribution is 9.10. The fraction of sp³-hybridized carbons (Fsp3) is 0.462. The number of hydrogen-bond acceptors (Lipinski definition) is 2. The maximum atomic E-state index is 13.7. The van der Waals surface area contributed by atoms with Crippen molar-refractivity contribution in [1.29, 1.82) is 0 Å². The van der Waals surface area contributed by atoms with Gasteiger partial charge in [0.25, 0.3) is 0 Å². The van der Waals surface area contributed by atoms with Crippen molar-refractivity contribution < 1.29 is 9.18 Å². The predicted molar refractivity (Wildman–Crippen MR) is 73.7 cm³/mol. The number of nitrogens with zero attached hydrogens (tertiary/aromatic N) is 1. The minimum absolute atomic E-state index is 0.0547. The van der Waals surface area contributed by atoms with Crippen molar-refractivity contribution in [3.8, 4) is 0 Å². The van der Waals surface area contributed by atoms with E-state index in [0.717, 1.165) is 17.4 Å².